The van der Waals surface area contributed by atoms with E-state index >= 15 is 0 Å². The van der Waals surface area contributed by atoms with Crippen molar-refractivity contribution in [3.05, 3.63) is 66.2 Å². The summed E-state index contributed by atoms with van der Waals surface area (Å²) in [7, 11) is 0. The van der Waals surface area contributed by atoms with Crippen LogP contribution in [-0.2, 0) is 20.6 Å². The highest BCUT2D eigenvalue weighted by Gasteiger charge is 2.49. The zero-order chi connectivity index (χ0) is 19.2. The number of para-hydroxylation sites is 1. The highest BCUT2D eigenvalue weighted by atomic mass is 16.6. The van der Waals surface area contributed by atoms with Crippen LogP contribution in [0.5, 0.6) is 0 Å². The van der Waals surface area contributed by atoms with Crippen LogP contribution in [0.3, 0.4) is 0 Å². The first-order valence-electron chi connectivity index (χ1n) is 9.83. The first-order chi connectivity index (χ1) is 13.8. The van der Waals surface area contributed by atoms with E-state index < -0.39 is 6.09 Å². The number of aryl methyl sites for hydroxylation is 1. The van der Waals surface area contributed by atoms with E-state index in [0.29, 0.717) is 18.9 Å². The number of benzene rings is 2. The summed E-state index contributed by atoms with van der Waals surface area (Å²) in [5, 5.41) is 6.26. The topological polar surface area (TPSA) is 68.8 Å². The van der Waals surface area contributed by atoms with Crippen LogP contribution in [0.4, 0.5) is 10.5 Å². The third kappa shape index (κ3) is 4.70. The maximum atomic E-state index is 12.1. The molecule has 0 unspecified atom stereocenters. The molecule has 2 fully saturated rings. The Morgan fingerprint density at radius 1 is 0.964 bits per heavy atom. The number of carbonyl (C=O) groups excluding carboxylic acids is 1. The van der Waals surface area contributed by atoms with Crippen molar-refractivity contribution < 1.29 is 19.0 Å². The summed E-state index contributed by atoms with van der Waals surface area (Å²) in [5.41, 5.74) is 2.05. The van der Waals surface area contributed by atoms with Gasteiger partial charge in [0.1, 0.15) is 12.2 Å². The highest BCUT2D eigenvalue weighted by molar-refractivity contribution is 5.84. The van der Waals surface area contributed by atoms with Crippen molar-refractivity contribution in [3.63, 3.8) is 0 Å². The van der Waals surface area contributed by atoms with Crippen molar-refractivity contribution in [2.45, 2.75) is 37.2 Å². The lowest BCUT2D eigenvalue weighted by molar-refractivity contribution is 0.00857. The van der Waals surface area contributed by atoms with Gasteiger partial charge in [0.05, 0.1) is 19.3 Å². The van der Waals surface area contributed by atoms with E-state index in [-0.39, 0.29) is 24.4 Å². The monoisotopic (exact) mass is 382 g/mol. The molecule has 2 aromatic carbocycles. The normalized spacial score (nSPS) is 26.0. The molecule has 4 rings (SSSR count). The lowest BCUT2D eigenvalue weighted by Gasteiger charge is -2.18. The van der Waals surface area contributed by atoms with Crippen molar-refractivity contribution in [2.75, 3.05) is 25.1 Å². The van der Waals surface area contributed by atoms with Crippen LogP contribution in [0.2, 0.25) is 0 Å². The summed E-state index contributed by atoms with van der Waals surface area (Å²) >= 11 is 0. The predicted molar refractivity (Wildman–Crippen MR) is 106 cm³/mol. The molecule has 2 N–H and O–H groups in total. The minimum atomic E-state index is -0.483. The van der Waals surface area contributed by atoms with Gasteiger partial charge in [-0.05, 0) is 37.1 Å². The van der Waals surface area contributed by atoms with Crippen LogP contribution < -0.4 is 10.6 Å². The van der Waals surface area contributed by atoms with Crippen LogP contribution in [0.15, 0.2) is 60.7 Å². The quantitative estimate of drug-likeness (QED) is 0.721. The Bertz CT molecular complexity index is 756. The van der Waals surface area contributed by atoms with E-state index in [1.165, 1.54) is 5.56 Å². The second-order valence-electron chi connectivity index (χ2n) is 7.18. The largest absolute Gasteiger partial charge is 0.441 e. The molecule has 6 nitrogen and oxygen atoms in total. The molecule has 0 radical (unpaired) electrons. The van der Waals surface area contributed by atoms with Crippen molar-refractivity contribution in [3.8, 4) is 0 Å². The summed E-state index contributed by atoms with van der Waals surface area (Å²) in [5.74, 6) is 0. The van der Waals surface area contributed by atoms with Gasteiger partial charge in [0.2, 0.25) is 0 Å². The van der Waals surface area contributed by atoms with Crippen LogP contribution in [0.1, 0.15) is 12.0 Å². The lowest BCUT2D eigenvalue weighted by Crippen LogP contribution is -2.42. The average Bonchev–Trinajstić information content (AvgIpc) is 3.30. The number of hydrogen-bond acceptors (Lipinski definition) is 5. The minimum absolute atomic E-state index is 0.0775. The first kappa shape index (κ1) is 18.9. The molecule has 4 atom stereocenters. The molecule has 28 heavy (non-hydrogen) atoms. The van der Waals surface area contributed by atoms with Gasteiger partial charge in [-0.15, -0.1) is 0 Å². The molecule has 0 spiro atoms. The number of fused-ring (bicyclic) bond motifs is 1. The highest BCUT2D eigenvalue weighted by Crippen LogP contribution is 2.29. The number of rotatable bonds is 7. The molecule has 1 amide bonds. The van der Waals surface area contributed by atoms with Crippen molar-refractivity contribution in [2.24, 2.45) is 0 Å². The molecule has 2 aliphatic rings. The minimum Gasteiger partial charge on any atom is -0.441 e. The zero-order valence-electron chi connectivity index (χ0n) is 15.8. The Morgan fingerprint density at radius 2 is 1.68 bits per heavy atom. The van der Waals surface area contributed by atoms with Crippen LogP contribution >= 0.6 is 0 Å². The van der Waals surface area contributed by atoms with Gasteiger partial charge < -0.3 is 19.5 Å². The standard InChI is InChI=1S/C22H26N2O4/c25-22(24-17-11-5-2-6-12-17)28-19-15-27-20-18(14-26-21(19)20)23-13-7-10-16-8-3-1-4-9-16/h1-6,8-9,11-12,18-21,23H,7,10,13-15H2,(H,24,25)/t18-,19+,20+,21+/m0/s1. The number of hydrogen-bond donors (Lipinski definition) is 2. The first-order valence-corrected chi connectivity index (χ1v) is 9.83. The molecule has 0 bridgehead atoms. The van der Waals surface area contributed by atoms with E-state index in [1.54, 1.807) is 0 Å². The smallest absolute Gasteiger partial charge is 0.412 e. The summed E-state index contributed by atoms with van der Waals surface area (Å²) < 4.78 is 17.3. The fourth-order valence-electron chi connectivity index (χ4n) is 3.77. The summed E-state index contributed by atoms with van der Waals surface area (Å²) in [6, 6.07) is 19.8. The molecule has 0 aromatic heterocycles. The van der Waals surface area contributed by atoms with Gasteiger partial charge in [-0.2, -0.15) is 0 Å². The number of anilines is 1. The van der Waals surface area contributed by atoms with E-state index in [9.17, 15) is 4.79 Å². The molecule has 2 heterocycles. The molecule has 0 aliphatic carbocycles. The number of ether oxygens (including phenoxy) is 3. The molecule has 2 aliphatic heterocycles. The molecular weight excluding hydrogens is 356 g/mol. The van der Waals surface area contributed by atoms with Gasteiger partial charge in [0.25, 0.3) is 0 Å². The SMILES string of the molecule is O=C(Nc1ccccc1)O[C@@H]1CO[C@H]2[C@@H]1OC[C@@H]2NCCCc1ccccc1. The molecule has 148 valence electrons. The Morgan fingerprint density at radius 3 is 2.46 bits per heavy atom. The fraction of sp³-hybridized carbons (Fsp3) is 0.409. The van der Waals surface area contributed by atoms with Crippen molar-refractivity contribution in [1.29, 1.82) is 0 Å². The third-order valence-corrected chi connectivity index (χ3v) is 5.18. The van der Waals surface area contributed by atoms with Gasteiger partial charge in [0.15, 0.2) is 6.10 Å². The van der Waals surface area contributed by atoms with Crippen molar-refractivity contribution >= 4 is 11.8 Å². The van der Waals surface area contributed by atoms with E-state index in [0.717, 1.165) is 19.4 Å². The number of nitrogens with one attached hydrogen (secondary N) is 2. The van der Waals surface area contributed by atoms with E-state index in [1.807, 2.05) is 36.4 Å². The van der Waals surface area contributed by atoms with Gasteiger partial charge in [-0.1, -0.05) is 48.5 Å². The molecule has 6 heteroatoms. The third-order valence-electron chi connectivity index (χ3n) is 5.18. The Balaban J connectivity index is 1.20. The Hall–Kier alpha value is -2.41. The summed E-state index contributed by atoms with van der Waals surface area (Å²) in [6.07, 6.45) is 0.937. The summed E-state index contributed by atoms with van der Waals surface area (Å²) in [4.78, 5) is 12.1. The predicted octanol–water partition coefficient (Wildman–Crippen LogP) is 2.99. The Labute approximate surface area is 165 Å². The van der Waals surface area contributed by atoms with Crippen LogP contribution in [-0.4, -0.2) is 50.2 Å². The lowest BCUT2D eigenvalue weighted by atomic mass is 10.1. The zero-order valence-corrected chi connectivity index (χ0v) is 15.8. The van der Waals surface area contributed by atoms with E-state index in [4.69, 9.17) is 14.2 Å². The average molecular weight is 382 g/mol. The molecular formula is C22H26N2O4. The van der Waals surface area contributed by atoms with Crippen LogP contribution in [0, 0.1) is 0 Å². The van der Waals surface area contributed by atoms with Crippen molar-refractivity contribution in [1.82, 2.24) is 5.32 Å². The second kappa shape index (κ2) is 9.19. The molecule has 0 saturated carbocycles. The van der Waals surface area contributed by atoms with Gasteiger partial charge in [0, 0.05) is 5.69 Å². The van der Waals surface area contributed by atoms with Gasteiger partial charge in [-0.3, -0.25) is 5.32 Å². The maximum Gasteiger partial charge on any atom is 0.412 e. The van der Waals surface area contributed by atoms with Gasteiger partial charge in [-0.25, -0.2) is 4.79 Å². The maximum absolute atomic E-state index is 12.1. The molecule has 2 saturated heterocycles. The van der Waals surface area contributed by atoms with Gasteiger partial charge >= 0.3 is 6.09 Å². The van der Waals surface area contributed by atoms with Crippen LogP contribution in [0.25, 0.3) is 0 Å². The fourth-order valence-corrected chi connectivity index (χ4v) is 3.77. The number of amides is 1. The number of carbonyl (C=O) groups is 1. The molecule has 2 aromatic rings. The van der Waals surface area contributed by atoms with E-state index in [2.05, 4.69) is 34.9 Å². The Kier molecular flexibility index (Phi) is 6.21. The second-order valence-corrected chi connectivity index (χ2v) is 7.18. The summed E-state index contributed by atoms with van der Waals surface area (Å²) in [6.45, 7) is 1.83.